The lowest BCUT2D eigenvalue weighted by molar-refractivity contribution is 0.122. The van der Waals surface area contributed by atoms with Crippen molar-refractivity contribution in [2.24, 2.45) is 0 Å². The van der Waals surface area contributed by atoms with Crippen LogP contribution in [0.3, 0.4) is 0 Å². The first-order valence-corrected chi connectivity index (χ1v) is 9.92. The van der Waals surface area contributed by atoms with Gasteiger partial charge < -0.3 is 9.52 Å². The van der Waals surface area contributed by atoms with Crippen LogP contribution in [0.2, 0.25) is 0 Å². The molecule has 1 N–H and O–H groups in total. The number of sulfonamides is 1. The molecule has 0 saturated carbocycles. The van der Waals surface area contributed by atoms with Gasteiger partial charge in [-0.15, -0.1) is 0 Å². The van der Waals surface area contributed by atoms with E-state index in [-0.39, 0.29) is 18.8 Å². The summed E-state index contributed by atoms with van der Waals surface area (Å²) in [6, 6.07) is 21.7. The van der Waals surface area contributed by atoms with Crippen molar-refractivity contribution in [2.45, 2.75) is 18.4 Å². The number of benzene rings is 2. The first kappa shape index (κ1) is 18.4. The van der Waals surface area contributed by atoms with Crippen LogP contribution in [-0.4, -0.2) is 24.4 Å². The number of hydrogen-bond acceptors (Lipinski definition) is 4. The molecule has 0 saturated heterocycles. The van der Waals surface area contributed by atoms with Crippen molar-refractivity contribution in [1.29, 1.82) is 0 Å². The highest BCUT2D eigenvalue weighted by atomic mass is 32.2. The Morgan fingerprint density at radius 2 is 1.50 bits per heavy atom. The molecule has 0 spiro atoms. The van der Waals surface area contributed by atoms with E-state index in [4.69, 9.17) is 4.42 Å². The number of furan rings is 1. The first-order chi connectivity index (χ1) is 12.5. The summed E-state index contributed by atoms with van der Waals surface area (Å²) in [5, 5.41) is 10.4. The molecule has 0 aliphatic carbocycles. The molecule has 2 aromatic carbocycles. The van der Waals surface area contributed by atoms with Crippen molar-refractivity contribution in [3.05, 3.63) is 95.9 Å². The van der Waals surface area contributed by atoms with Gasteiger partial charge in [0.2, 0.25) is 10.0 Å². The van der Waals surface area contributed by atoms with E-state index in [9.17, 15) is 13.5 Å². The van der Waals surface area contributed by atoms with Crippen molar-refractivity contribution >= 4 is 10.0 Å². The Kier molecular flexibility index (Phi) is 5.88. The molecule has 0 aliphatic heterocycles. The highest BCUT2D eigenvalue weighted by Crippen LogP contribution is 2.21. The highest BCUT2D eigenvalue weighted by molar-refractivity contribution is 7.88. The van der Waals surface area contributed by atoms with Crippen LogP contribution >= 0.6 is 0 Å². The number of aliphatic hydroxyl groups excluding tert-OH is 1. The van der Waals surface area contributed by atoms with E-state index < -0.39 is 16.1 Å². The SMILES string of the molecule is O=S(=O)(Cc1ccccc1)N(Cc1ccccc1)CC(O)c1ccco1. The molecule has 0 radical (unpaired) electrons. The van der Waals surface area contributed by atoms with Gasteiger partial charge in [-0.25, -0.2) is 8.42 Å². The van der Waals surface area contributed by atoms with E-state index in [2.05, 4.69) is 0 Å². The molecular formula is C20H21NO4S. The monoisotopic (exact) mass is 371 g/mol. The van der Waals surface area contributed by atoms with Crippen LogP contribution in [-0.2, 0) is 22.3 Å². The molecule has 1 atom stereocenters. The Morgan fingerprint density at radius 3 is 2.08 bits per heavy atom. The fourth-order valence-electron chi connectivity index (χ4n) is 2.70. The maximum atomic E-state index is 13.0. The zero-order valence-corrected chi connectivity index (χ0v) is 15.0. The summed E-state index contributed by atoms with van der Waals surface area (Å²) in [6.45, 7) is 0.116. The summed E-state index contributed by atoms with van der Waals surface area (Å²) < 4.78 is 32.5. The third-order valence-electron chi connectivity index (χ3n) is 4.04. The lowest BCUT2D eigenvalue weighted by Gasteiger charge is -2.24. The van der Waals surface area contributed by atoms with Gasteiger partial charge in [0, 0.05) is 13.1 Å². The van der Waals surface area contributed by atoms with Gasteiger partial charge in [0.25, 0.3) is 0 Å². The molecule has 0 bridgehead atoms. The summed E-state index contributed by atoms with van der Waals surface area (Å²) in [4.78, 5) is 0. The summed E-state index contributed by atoms with van der Waals surface area (Å²) in [7, 11) is -3.63. The second kappa shape index (κ2) is 8.31. The lowest BCUT2D eigenvalue weighted by atomic mass is 10.2. The van der Waals surface area contributed by atoms with Crippen molar-refractivity contribution in [1.82, 2.24) is 4.31 Å². The molecule has 6 heteroatoms. The average Bonchev–Trinajstić information content (AvgIpc) is 3.17. The fourth-order valence-corrected chi connectivity index (χ4v) is 4.21. The first-order valence-electron chi connectivity index (χ1n) is 8.32. The Labute approximate surface area is 153 Å². The Bertz CT molecular complexity index is 894. The van der Waals surface area contributed by atoms with Crippen molar-refractivity contribution in [3.8, 4) is 0 Å². The molecule has 5 nitrogen and oxygen atoms in total. The predicted molar refractivity (Wildman–Crippen MR) is 99.6 cm³/mol. The minimum atomic E-state index is -3.63. The van der Waals surface area contributed by atoms with Crippen molar-refractivity contribution in [2.75, 3.05) is 6.54 Å². The third-order valence-corrected chi connectivity index (χ3v) is 5.80. The van der Waals surface area contributed by atoms with Crippen LogP contribution in [0.1, 0.15) is 23.0 Å². The van der Waals surface area contributed by atoms with E-state index >= 15 is 0 Å². The molecule has 1 unspecified atom stereocenters. The van der Waals surface area contributed by atoms with Gasteiger partial charge in [0.15, 0.2) is 0 Å². The van der Waals surface area contributed by atoms with Crippen LogP contribution in [0.4, 0.5) is 0 Å². The number of rotatable bonds is 8. The summed E-state index contributed by atoms with van der Waals surface area (Å²) >= 11 is 0. The summed E-state index contributed by atoms with van der Waals surface area (Å²) in [5.74, 6) is 0.226. The molecule has 3 aromatic rings. The van der Waals surface area contributed by atoms with Gasteiger partial charge in [-0.05, 0) is 23.3 Å². The van der Waals surface area contributed by atoms with E-state index in [0.29, 0.717) is 11.3 Å². The fraction of sp³-hybridized carbons (Fsp3) is 0.200. The molecule has 1 aromatic heterocycles. The number of nitrogens with zero attached hydrogens (tertiary/aromatic N) is 1. The van der Waals surface area contributed by atoms with Gasteiger partial charge in [-0.2, -0.15) is 4.31 Å². The zero-order chi connectivity index (χ0) is 18.4. The molecule has 3 rings (SSSR count). The average molecular weight is 371 g/mol. The number of hydrogen-bond donors (Lipinski definition) is 1. The maximum Gasteiger partial charge on any atom is 0.218 e. The molecule has 0 fully saturated rings. The summed E-state index contributed by atoms with van der Waals surface area (Å²) in [6.07, 6.45) is 0.428. The minimum Gasteiger partial charge on any atom is -0.467 e. The van der Waals surface area contributed by atoms with Gasteiger partial charge in [-0.3, -0.25) is 0 Å². The van der Waals surface area contributed by atoms with E-state index in [1.807, 2.05) is 48.5 Å². The standard InChI is InChI=1S/C20H21NO4S/c22-19(20-12-7-13-25-20)15-21(14-17-8-3-1-4-9-17)26(23,24)16-18-10-5-2-6-11-18/h1-13,19,22H,14-16H2. The Morgan fingerprint density at radius 1 is 0.885 bits per heavy atom. The Hall–Kier alpha value is -2.41. The predicted octanol–water partition coefficient (Wildman–Crippen LogP) is 3.35. The van der Waals surface area contributed by atoms with E-state index in [1.54, 1.807) is 24.3 Å². The quantitative estimate of drug-likeness (QED) is 0.659. The third kappa shape index (κ3) is 4.82. The van der Waals surface area contributed by atoms with E-state index in [0.717, 1.165) is 5.56 Å². The van der Waals surface area contributed by atoms with Gasteiger partial charge in [0.05, 0.1) is 12.0 Å². The van der Waals surface area contributed by atoms with Crippen molar-refractivity contribution < 1.29 is 17.9 Å². The highest BCUT2D eigenvalue weighted by Gasteiger charge is 2.26. The van der Waals surface area contributed by atoms with Gasteiger partial charge in [-0.1, -0.05) is 60.7 Å². The Balaban J connectivity index is 1.83. The van der Waals surface area contributed by atoms with Crippen LogP contribution in [0.15, 0.2) is 83.5 Å². The molecule has 1 heterocycles. The summed E-state index contributed by atoms with van der Waals surface area (Å²) in [5.41, 5.74) is 1.56. The van der Waals surface area contributed by atoms with Gasteiger partial charge >= 0.3 is 0 Å². The number of aliphatic hydroxyl groups is 1. The molecule has 136 valence electrons. The van der Waals surface area contributed by atoms with Crippen LogP contribution in [0, 0.1) is 0 Å². The molecular weight excluding hydrogens is 350 g/mol. The van der Waals surface area contributed by atoms with Crippen molar-refractivity contribution in [3.63, 3.8) is 0 Å². The van der Waals surface area contributed by atoms with Gasteiger partial charge in [0.1, 0.15) is 11.9 Å². The van der Waals surface area contributed by atoms with Crippen LogP contribution < -0.4 is 0 Å². The zero-order valence-electron chi connectivity index (χ0n) is 14.2. The molecule has 0 amide bonds. The second-order valence-electron chi connectivity index (χ2n) is 6.05. The van der Waals surface area contributed by atoms with Crippen LogP contribution in [0.5, 0.6) is 0 Å². The molecule has 0 aliphatic rings. The second-order valence-corrected chi connectivity index (χ2v) is 8.02. The van der Waals surface area contributed by atoms with E-state index in [1.165, 1.54) is 10.6 Å². The van der Waals surface area contributed by atoms with Crippen LogP contribution in [0.25, 0.3) is 0 Å². The maximum absolute atomic E-state index is 13.0. The normalized spacial score (nSPS) is 13.0. The topological polar surface area (TPSA) is 70.8 Å². The molecule has 26 heavy (non-hydrogen) atoms. The lowest BCUT2D eigenvalue weighted by Crippen LogP contribution is -2.35. The largest absolute Gasteiger partial charge is 0.467 e. The minimum absolute atomic E-state index is 0.0719. The smallest absolute Gasteiger partial charge is 0.218 e.